The largest absolute Gasteiger partial charge is 0.425 e. The van der Waals surface area contributed by atoms with Gasteiger partial charge in [0.2, 0.25) is 11.8 Å². The highest BCUT2D eigenvalue weighted by Crippen LogP contribution is 2.46. The van der Waals surface area contributed by atoms with Gasteiger partial charge in [0.25, 0.3) is 5.91 Å². The Morgan fingerprint density at radius 1 is 1.21 bits per heavy atom. The molecule has 0 radical (unpaired) electrons. The highest BCUT2D eigenvalue weighted by molar-refractivity contribution is 7.13. The van der Waals surface area contributed by atoms with E-state index < -0.39 is 0 Å². The third kappa shape index (κ3) is 2.99. The number of aryl methyl sites for hydroxylation is 2. The molecule has 1 amide bonds. The molecule has 2 atom stereocenters. The van der Waals surface area contributed by atoms with Crippen LogP contribution in [0.3, 0.4) is 0 Å². The van der Waals surface area contributed by atoms with Crippen LogP contribution in [0.2, 0.25) is 0 Å². The van der Waals surface area contributed by atoms with Gasteiger partial charge >= 0.3 is 0 Å². The average molecular weight is 401 g/mol. The van der Waals surface area contributed by atoms with Gasteiger partial charge in [-0.3, -0.25) is 9.69 Å². The molecule has 2 aromatic heterocycles. The monoisotopic (exact) mass is 400 g/mol. The SMILES string of the molecule is Cc1nnc([C@]23CCN(C(=O)c4ccc(C)s4)C[C@H]2CN(C2CCCC2)C3)o1. The molecule has 7 heteroatoms. The van der Waals surface area contributed by atoms with Crippen molar-refractivity contribution < 1.29 is 9.21 Å². The van der Waals surface area contributed by atoms with Crippen LogP contribution in [-0.2, 0) is 5.41 Å². The van der Waals surface area contributed by atoms with Crippen LogP contribution in [-0.4, -0.2) is 58.1 Å². The number of hydrogen-bond acceptors (Lipinski definition) is 6. The number of fused-ring (bicyclic) bond motifs is 1. The van der Waals surface area contributed by atoms with E-state index in [4.69, 9.17) is 4.42 Å². The quantitative estimate of drug-likeness (QED) is 0.790. The van der Waals surface area contributed by atoms with Crippen molar-refractivity contribution >= 4 is 17.2 Å². The molecule has 2 saturated heterocycles. The molecule has 0 bridgehead atoms. The highest BCUT2D eigenvalue weighted by Gasteiger charge is 2.55. The molecular formula is C21H28N4O2S. The lowest BCUT2D eigenvalue weighted by Gasteiger charge is -2.41. The molecule has 0 N–H and O–H groups in total. The third-order valence-electron chi connectivity index (χ3n) is 7.02. The Kier molecular flexibility index (Phi) is 4.55. The number of nitrogens with zero attached hydrogens (tertiary/aromatic N) is 4. The number of carbonyl (C=O) groups excluding carboxylic acids is 1. The van der Waals surface area contributed by atoms with Crippen molar-refractivity contribution in [2.75, 3.05) is 26.2 Å². The normalized spacial score (nSPS) is 28.8. The summed E-state index contributed by atoms with van der Waals surface area (Å²) in [5.74, 6) is 1.95. The Balaban J connectivity index is 1.42. The van der Waals surface area contributed by atoms with Gasteiger partial charge in [-0.25, -0.2) is 0 Å². The summed E-state index contributed by atoms with van der Waals surface area (Å²) in [4.78, 5) is 19.8. The number of carbonyl (C=O) groups is 1. The molecule has 0 unspecified atom stereocenters. The molecule has 0 spiro atoms. The number of rotatable bonds is 3. The van der Waals surface area contributed by atoms with Crippen LogP contribution in [0.4, 0.5) is 0 Å². The van der Waals surface area contributed by atoms with Gasteiger partial charge in [0, 0.05) is 49.9 Å². The Labute approximate surface area is 169 Å². The molecule has 5 rings (SSSR count). The number of thiophene rings is 1. The second-order valence-electron chi connectivity index (χ2n) is 8.76. The summed E-state index contributed by atoms with van der Waals surface area (Å²) in [6.07, 6.45) is 6.16. The average Bonchev–Trinajstić information content (AvgIpc) is 3.46. The van der Waals surface area contributed by atoms with Gasteiger partial charge in [-0.2, -0.15) is 0 Å². The predicted molar refractivity (Wildman–Crippen MR) is 108 cm³/mol. The molecule has 28 heavy (non-hydrogen) atoms. The fourth-order valence-corrected chi connectivity index (χ4v) is 6.34. The maximum atomic E-state index is 13.1. The minimum atomic E-state index is -0.105. The molecule has 150 valence electrons. The summed E-state index contributed by atoms with van der Waals surface area (Å²) in [5, 5.41) is 8.58. The second-order valence-corrected chi connectivity index (χ2v) is 10.0. The highest BCUT2D eigenvalue weighted by atomic mass is 32.1. The molecule has 1 saturated carbocycles. The van der Waals surface area contributed by atoms with E-state index in [9.17, 15) is 4.79 Å². The summed E-state index contributed by atoms with van der Waals surface area (Å²) in [6.45, 7) is 7.47. The van der Waals surface area contributed by atoms with E-state index in [1.54, 1.807) is 11.3 Å². The predicted octanol–water partition coefficient (Wildman–Crippen LogP) is 3.41. The molecule has 3 fully saturated rings. The van der Waals surface area contributed by atoms with Crippen LogP contribution in [0.25, 0.3) is 0 Å². The summed E-state index contributed by atoms with van der Waals surface area (Å²) in [6, 6.07) is 4.67. The first-order chi connectivity index (χ1) is 13.5. The van der Waals surface area contributed by atoms with Gasteiger partial charge in [0.1, 0.15) is 0 Å². The van der Waals surface area contributed by atoms with Crippen molar-refractivity contribution in [3.05, 3.63) is 33.7 Å². The Bertz CT molecular complexity index is 871. The third-order valence-corrected chi connectivity index (χ3v) is 8.01. The lowest BCUT2D eigenvalue weighted by atomic mass is 9.72. The molecule has 2 aliphatic heterocycles. The number of likely N-dealkylation sites (tertiary alicyclic amines) is 2. The zero-order valence-electron chi connectivity index (χ0n) is 16.7. The molecule has 4 heterocycles. The van der Waals surface area contributed by atoms with Crippen molar-refractivity contribution in [1.82, 2.24) is 20.0 Å². The van der Waals surface area contributed by atoms with E-state index >= 15 is 0 Å². The van der Waals surface area contributed by atoms with Gasteiger partial charge in [-0.05, 0) is 38.3 Å². The van der Waals surface area contributed by atoms with Gasteiger partial charge in [0.05, 0.1) is 10.3 Å². The molecule has 3 aliphatic rings. The first-order valence-electron chi connectivity index (χ1n) is 10.5. The topological polar surface area (TPSA) is 62.5 Å². The van der Waals surface area contributed by atoms with E-state index in [0.717, 1.165) is 43.4 Å². The van der Waals surface area contributed by atoms with Crippen molar-refractivity contribution in [2.45, 2.75) is 57.4 Å². The lowest BCUT2D eigenvalue weighted by Crippen LogP contribution is -2.51. The first kappa shape index (κ1) is 18.3. The van der Waals surface area contributed by atoms with Crippen molar-refractivity contribution in [1.29, 1.82) is 0 Å². The molecule has 6 nitrogen and oxygen atoms in total. The van der Waals surface area contributed by atoms with Crippen LogP contribution in [0.5, 0.6) is 0 Å². The molecular weight excluding hydrogens is 372 g/mol. The fraction of sp³-hybridized carbons (Fsp3) is 0.667. The zero-order valence-corrected chi connectivity index (χ0v) is 17.5. The summed E-state index contributed by atoms with van der Waals surface area (Å²) >= 11 is 1.59. The van der Waals surface area contributed by atoms with E-state index in [1.165, 1.54) is 30.6 Å². The van der Waals surface area contributed by atoms with Crippen molar-refractivity contribution in [2.24, 2.45) is 5.92 Å². The second kappa shape index (κ2) is 6.95. The summed E-state index contributed by atoms with van der Waals surface area (Å²) in [7, 11) is 0. The zero-order chi connectivity index (χ0) is 19.3. The van der Waals surface area contributed by atoms with Gasteiger partial charge in [-0.1, -0.05) is 12.8 Å². The molecule has 2 aromatic rings. The van der Waals surface area contributed by atoms with E-state index in [-0.39, 0.29) is 11.3 Å². The standard InChI is InChI=1S/C21H28N4O2S/c1-14-7-8-18(28-14)19(26)24-10-9-21(20-23-22-15(2)27-20)13-25(12-16(21)11-24)17-5-3-4-6-17/h7-8,16-17H,3-6,9-13H2,1-2H3/t16-,21-/m0/s1. The minimum absolute atomic E-state index is 0.105. The fourth-order valence-electron chi connectivity index (χ4n) is 5.51. The number of hydrogen-bond donors (Lipinski definition) is 0. The summed E-state index contributed by atoms with van der Waals surface area (Å²) < 4.78 is 5.97. The van der Waals surface area contributed by atoms with E-state index in [1.807, 2.05) is 19.1 Å². The van der Waals surface area contributed by atoms with Gasteiger partial charge in [0.15, 0.2) is 0 Å². The van der Waals surface area contributed by atoms with Crippen LogP contribution in [0.1, 0.15) is 58.4 Å². The van der Waals surface area contributed by atoms with Crippen LogP contribution < -0.4 is 0 Å². The lowest BCUT2D eigenvalue weighted by molar-refractivity contribution is 0.0572. The Morgan fingerprint density at radius 2 is 2.04 bits per heavy atom. The molecule has 0 aromatic carbocycles. The first-order valence-corrected chi connectivity index (χ1v) is 11.3. The number of aromatic nitrogens is 2. The van der Waals surface area contributed by atoms with E-state index in [0.29, 0.717) is 17.9 Å². The maximum Gasteiger partial charge on any atom is 0.263 e. The van der Waals surface area contributed by atoms with Crippen LogP contribution in [0.15, 0.2) is 16.5 Å². The number of piperidine rings is 1. The van der Waals surface area contributed by atoms with Crippen LogP contribution in [0, 0.1) is 19.8 Å². The van der Waals surface area contributed by atoms with Crippen LogP contribution >= 0.6 is 11.3 Å². The maximum absolute atomic E-state index is 13.1. The number of amides is 1. The molecule has 1 aliphatic carbocycles. The summed E-state index contributed by atoms with van der Waals surface area (Å²) in [5.41, 5.74) is -0.105. The van der Waals surface area contributed by atoms with Gasteiger partial charge < -0.3 is 9.32 Å². The minimum Gasteiger partial charge on any atom is -0.425 e. The smallest absolute Gasteiger partial charge is 0.263 e. The Morgan fingerprint density at radius 3 is 2.71 bits per heavy atom. The van der Waals surface area contributed by atoms with Crippen molar-refractivity contribution in [3.63, 3.8) is 0 Å². The Hall–Kier alpha value is -1.73. The van der Waals surface area contributed by atoms with Gasteiger partial charge in [-0.15, -0.1) is 21.5 Å². The van der Waals surface area contributed by atoms with E-state index in [2.05, 4.69) is 26.9 Å². The van der Waals surface area contributed by atoms with Crippen molar-refractivity contribution in [3.8, 4) is 0 Å².